The highest BCUT2D eigenvalue weighted by Gasteiger charge is 2.02. The minimum absolute atomic E-state index is 0.215. The van der Waals surface area contributed by atoms with Crippen LogP contribution in [-0.2, 0) is 6.42 Å². The summed E-state index contributed by atoms with van der Waals surface area (Å²) in [7, 11) is 1.93. The molecule has 78 valence electrons. The standard InChI is InChI=1S/C12H19NO/c1-4-11-6-5-7-12(8-11)14-10(2)9-13-3/h5-8,10,13H,4,9H2,1-3H3. The number of ether oxygens (including phenoxy) is 1. The van der Waals surface area contributed by atoms with Gasteiger partial charge in [-0.05, 0) is 38.1 Å². The highest BCUT2D eigenvalue weighted by Crippen LogP contribution is 2.14. The van der Waals surface area contributed by atoms with Gasteiger partial charge in [-0.1, -0.05) is 19.1 Å². The molecule has 2 nitrogen and oxygen atoms in total. The lowest BCUT2D eigenvalue weighted by Crippen LogP contribution is -2.25. The van der Waals surface area contributed by atoms with Gasteiger partial charge >= 0.3 is 0 Å². The molecule has 0 saturated heterocycles. The van der Waals surface area contributed by atoms with Gasteiger partial charge in [-0.2, -0.15) is 0 Å². The summed E-state index contributed by atoms with van der Waals surface area (Å²) in [6.07, 6.45) is 1.27. The fraction of sp³-hybridized carbons (Fsp3) is 0.500. The Kier molecular flexibility index (Phi) is 4.47. The van der Waals surface area contributed by atoms with Crippen LogP contribution in [0.2, 0.25) is 0 Å². The van der Waals surface area contributed by atoms with Crippen LogP contribution >= 0.6 is 0 Å². The Hall–Kier alpha value is -1.02. The summed E-state index contributed by atoms with van der Waals surface area (Å²) in [6.45, 7) is 5.08. The lowest BCUT2D eigenvalue weighted by Gasteiger charge is -2.14. The third-order valence-electron chi connectivity index (χ3n) is 2.14. The molecule has 0 aliphatic carbocycles. The zero-order chi connectivity index (χ0) is 10.4. The molecule has 0 aromatic heterocycles. The molecule has 1 atom stereocenters. The van der Waals surface area contributed by atoms with E-state index in [4.69, 9.17) is 4.74 Å². The first-order valence-corrected chi connectivity index (χ1v) is 5.16. The number of rotatable bonds is 5. The molecule has 0 saturated carbocycles. The predicted octanol–water partition coefficient (Wildman–Crippen LogP) is 2.24. The van der Waals surface area contributed by atoms with E-state index in [9.17, 15) is 0 Å². The molecule has 0 amide bonds. The first-order valence-electron chi connectivity index (χ1n) is 5.16. The number of likely N-dealkylation sites (N-methyl/N-ethyl adjacent to an activating group) is 1. The van der Waals surface area contributed by atoms with E-state index in [1.165, 1.54) is 5.56 Å². The maximum absolute atomic E-state index is 5.73. The van der Waals surface area contributed by atoms with E-state index in [1.54, 1.807) is 0 Å². The van der Waals surface area contributed by atoms with Gasteiger partial charge in [0.15, 0.2) is 0 Å². The minimum atomic E-state index is 0.215. The second kappa shape index (κ2) is 5.66. The number of aryl methyl sites for hydroxylation is 1. The maximum atomic E-state index is 5.73. The normalized spacial score (nSPS) is 12.5. The Morgan fingerprint density at radius 2 is 2.21 bits per heavy atom. The second-order valence-corrected chi connectivity index (χ2v) is 3.49. The van der Waals surface area contributed by atoms with Crippen LogP contribution in [0.5, 0.6) is 5.75 Å². The Morgan fingerprint density at radius 1 is 1.43 bits per heavy atom. The molecule has 1 aromatic rings. The van der Waals surface area contributed by atoms with E-state index in [1.807, 2.05) is 19.2 Å². The van der Waals surface area contributed by atoms with Crippen LogP contribution in [0.25, 0.3) is 0 Å². The summed E-state index contributed by atoms with van der Waals surface area (Å²) >= 11 is 0. The summed E-state index contributed by atoms with van der Waals surface area (Å²) in [5, 5.41) is 3.09. The molecule has 1 unspecified atom stereocenters. The number of hydrogen-bond donors (Lipinski definition) is 1. The van der Waals surface area contributed by atoms with Gasteiger partial charge < -0.3 is 10.1 Å². The molecule has 2 heteroatoms. The SMILES string of the molecule is CCc1cccc(OC(C)CNC)c1. The van der Waals surface area contributed by atoms with Gasteiger partial charge in [0.1, 0.15) is 11.9 Å². The van der Waals surface area contributed by atoms with E-state index in [-0.39, 0.29) is 6.10 Å². The lowest BCUT2D eigenvalue weighted by molar-refractivity contribution is 0.220. The third kappa shape index (κ3) is 3.38. The largest absolute Gasteiger partial charge is 0.489 e. The van der Waals surface area contributed by atoms with Gasteiger partial charge in [0.05, 0.1) is 0 Å². The molecule has 0 heterocycles. The third-order valence-corrected chi connectivity index (χ3v) is 2.14. The first kappa shape index (κ1) is 11.1. The van der Waals surface area contributed by atoms with Crippen molar-refractivity contribution in [1.82, 2.24) is 5.32 Å². The lowest BCUT2D eigenvalue weighted by atomic mass is 10.2. The molecule has 0 fully saturated rings. The summed E-state index contributed by atoms with van der Waals surface area (Å²) in [5.41, 5.74) is 1.32. The first-order chi connectivity index (χ1) is 6.76. The van der Waals surface area contributed by atoms with Gasteiger partial charge in [-0.15, -0.1) is 0 Å². The average Bonchev–Trinajstić information content (AvgIpc) is 2.18. The van der Waals surface area contributed by atoms with Crippen molar-refractivity contribution in [2.75, 3.05) is 13.6 Å². The average molecular weight is 193 g/mol. The fourth-order valence-electron chi connectivity index (χ4n) is 1.40. The predicted molar refractivity (Wildman–Crippen MR) is 59.8 cm³/mol. The Morgan fingerprint density at radius 3 is 2.86 bits per heavy atom. The molecule has 1 aromatic carbocycles. The molecule has 0 aliphatic rings. The molecule has 0 bridgehead atoms. The summed E-state index contributed by atoms with van der Waals surface area (Å²) < 4.78 is 5.73. The van der Waals surface area contributed by atoms with Gasteiger partial charge in [-0.3, -0.25) is 0 Å². The van der Waals surface area contributed by atoms with Gasteiger partial charge in [0.2, 0.25) is 0 Å². The van der Waals surface area contributed by atoms with Gasteiger partial charge in [-0.25, -0.2) is 0 Å². The van der Waals surface area contributed by atoms with Crippen LogP contribution in [0, 0.1) is 0 Å². The van der Waals surface area contributed by atoms with Crippen molar-refractivity contribution in [3.63, 3.8) is 0 Å². The van der Waals surface area contributed by atoms with Crippen molar-refractivity contribution >= 4 is 0 Å². The van der Waals surface area contributed by atoms with Crippen LogP contribution in [-0.4, -0.2) is 19.7 Å². The van der Waals surface area contributed by atoms with Crippen LogP contribution in [0.15, 0.2) is 24.3 Å². The topological polar surface area (TPSA) is 21.3 Å². The van der Waals surface area contributed by atoms with E-state index >= 15 is 0 Å². The minimum Gasteiger partial charge on any atom is -0.489 e. The summed E-state index contributed by atoms with van der Waals surface area (Å²) in [6, 6.07) is 8.27. The highest BCUT2D eigenvalue weighted by molar-refractivity contribution is 5.28. The molecule has 1 rings (SSSR count). The van der Waals surface area contributed by atoms with Crippen molar-refractivity contribution in [2.24, 2.45) is 0 Å². The van der Waals surface area contributed by atoms with Crippen LogP contribution < -0.4 is 10.1 Å². The van der Waals surface area contributed by atoms with Gasteiger partial charge in [0, 0.05) is 6.54 Å². The Labute approximate surface area is 86.3 Å². The second-order valence-electron chi connectivity index (χ2n) is 3.49. The van der Waals surface area contributed by atoms with E-state index in [0.717, 1.165) is 18.7 Å². The summed E-state index contributed by atoms with van der Waals surface area (Å²) in [4.78, 5) is 0. The number of benzene rings is 1. The van der Waals surface area contributed by atoms with Crippen LogP contribution in [0.1, 0.15) is 19.4 Å². The van der Waals surface area contributed by atoms with Gasteiger partial charge in [0.25, 0.3) is 0 Å². The zero-order valence-corrected chi connectivity index (χ0v) is 9.21. The molecular formula is C12H19NO. The van der Waals surface area contributed by atoms with Crippen molar-refractivity contribution in [1.29, 1.82) is 0 Å². The molecule has 14 heavy (non-hydrogen) atoms. The molecular weight excluding hydrogens is 174 g/mol. The van der Waals surface area contributed by atoms with E-state index < -0.39 is 0 Å². The monoisotopic (exact) mass is 193 g/mol. The van der Waals surface area contributed by atoms with E-state index in [2.05, 4.69) is 31.3 Å². The van der Waals surface area contributed by atoms with Crippen molar-refractivity contribution in [3.05, 3.63) is 29.8 Å². The maximum Gasteiger partial charge on any atom is 0.120 e. The number of hydrogen-bond acceptors (Lipinski definition) is 2. The number of nitrogens with one attached hydrogen (secondary N) is 1. The quantitative estimate of drug-likeness (QED) is 0.774. The smallest absolute Gasteiger partial charge is 0.120 e. The molecule has 1 N–H and O–H groups in total. The van der Waals surface area contributed by atoms with Crippen LogP contribution in [0.3, 0.4) is 0 Å². The summed E-state index contributed by atoms with van der Waals surface area (Å²) in [5.74, 6) is 0.965. The van der Waals surface area contributed by atoms with Crippen molar-refractivity contribution in [2.45, 2.75) is 26.4 Å². The fourth-order valence-corrected chi connectivity index (χ4v) is 1.40. The highest BCUT2D eigenvalue weighted by atomic mass is 16.5. The molecule has 0 aliphatic heterocycles. The molecule has 0 radical (unpaired) electrons. The van der Waals surface area contributed by atoms with Crippen molar-refractivity contribution in [3.8, 4) is 5.75 Å². The molecule has 0 spiro atoms. The zero-order valence-electron chi connectivity index (χ0n) is 9.21. The Bertz CT molecular complexity index is 273. The van der Waals surface area contributed by atoms with E-state index in [0.29, 0.717) is 0 Å². The Balaban J connectivity index is 2.57. The van der Waals surface area contributed by atoms with Crippen molar-refractivity contribution < 1.29 is 4.74 Å². The van der Waals surface area contributed by atoms with Crippen LogP contribution in [0.4, 0.5) is 0 Å².